The van der Waals surface area contributed by atoms with Crippen LogP contribution in [0.5, 0.6) is 0 Å². The molecule has 142 valence electrons. The summed E-state index contributed by atoms with van der Waals surface area (Å²) in [6, 6.07) is -0.686. The molecule has 0 bridgehead atoms. The average molecular weight is 386 g/mol. The highest BCUT2D eigenvalue weighted by Crippen LogP contribution is 2.46. The first-order valence-corrected chi connectivity index (χ1v) is 8.32. The number of nitrogens with one attached hydrogen (secondary N) is 1. The first-order chi connectivity index (χ1) is 10.7. The Kier molecular flexibility index (Phi) is 6.02. The largest absolute Gasteiger partial charge is 0.748 e. The van der Waals surface area contributed by atoms with E-state index < -0.39 is 46.0 Å². The number of alkyl halides is 6. The van der Waals surface area contributed by atoms with Crippen LogP contribution < -0.4 is 5.32 Å². The molecule has 0 aromatic heterocycles. The second-order valence-corrected chi connectivity index (χ2v) is 6.80. The van der Waals surface area contributed by atoms with Gasteiger partial charge in [0, 0.05) is 6.04 Å². The number of carbonyl (C=O) groups excluding carboxylic acids is 1. The fraction of sp³-hybridized carbons (Fsp3) is 0.909. The zero-order valence-electron chi connectivity index (χ0n) is 12.0. The van der Waals surface area contributed by atoms with Gasteiger partial charge in [0.05, 0.1) is 15.9 Å². The molecule has 0 radical (unpaired) electrons. The first-order valence-electron chi connectivity index (χ1n) is 6.74. The van der Waals surface area contributed by atoms with Crippen LogP contribution in [-0.2, 0) is 14.9 Å². The van der Waals surface area contributed by atoms with E-state index in [2.05, 4.69) is 4.74 Å². The van der Waals surface area contributed by atoms with Crippen LogP contribution in [0.4, 0.5) is 31.1 Å². The predicted molar refractivity (Wildman–Crippen MR) is 65.9 cm³/mol. The van der Waals surface area contributed by atoms with E-state index in [-0.39, 0.29) is 0 Å². The Morgan fingerprint density at radius 3 is 1.88 bits per heavy atom. The Hall–Kier alpha value is -1.24. The summed E-state index contributed by atoms with van der Waals surface area (Å²) in [5, 5.41) is 1.85. The number of hydrogen-bond donors (Lipinski definition) is 1. The molecule has 0 aromatic rings. The molecule has 0 atom stereocenters. The van der Waals surface area contributed by atoms with Crippen LogP contribution >= 0.6 is 0 Å². The molecule has 1 rings (SSSR count). The van der Waals surface area contributed by atoms with E-state index in [0.717, 1.165) is 6.42 Å². The fourth-order valence-electron chi connectivity index (χ4n) is 2.32. The van der Waals surface area contributed by atoms with Crippen molar-refractivity contribution in [2.45, 2.75) is 56.1 Å². The van der Waals surface area contributed by atoms with E-state index in [9.17, 15) is 44.1 Å². The van der Waals surface area contributed by atoms with Gasteiger partial charge in [0.15, 0.2) is 0 Å². The normalized spacial score (nSPS) is 18.3. The van der Waals surface area contributed by atoms with Crippen molar-refractivity contribution < 1.29 is 48.8 Å². The molecule has 0 heterocycles. The fourth-order valence-corrected chi connectivity index (χ4v) is 3.20. The lowest BCUT2D eigenvalue weighted by atomic mass is 9.96. The molecule has 24 heavy (non-hydrogen) atoms. The molecule has 1 saturated carbocycles. The van der Waals surface area contributed by atoms with E-state index in [1.165, 1.54) is 0 Å². The average Bonchev–Trinajstić information content (AvgIpc) is 2.34. The molecule has 0 aromatic carbocycles. The SMILES string of the molecule is O=C(NC1CCCCC1)OC(CS(=O)(=O)[O-])(C(F)(F)F)C(F)(F)F. The highest BCUT2D eigenvalue weighted by molar-refractivity contribution is 7.85. The summed E-state index contributed by atoms with van der Waals surface area (Å²) in [4.78, 5) is 11.5. The van der Waals surface area contributed by atoms with Crippen LogP contribution in [0.3, 0.4) is 0 Å². The predicted octanol–water partition coefficient (Wildman–Crippen LogP) is 2.45. The Labute approximate surface area is 133 Å². The van der Waals surface area contributed by atoms with Gasteiger partial charge in [-0.15, -0.1) is 0 Å². The zero-order chi connectivity index (χ0) is 18.8. The highest BCUT2D eigenvalue weighted by Gasteiger charge is 2.75. The Balaban J connectivity index is 3.09. The van der Waals surface area contributed by atoms with Crippen molar-refractivity contribution >= 4 is 16.2 Å². The molecule has 13 heteroatoms. The van der Waals surface area contributed by atoms with Gasteiger partial charge in [-0.3, -0.25) is 0 Å². The quantitative estimate of drug-likeness (QED) is 0.592. The van der Waals surface area contributed by atoms with Crippen LogP contribution in [0, 0.1) is 0 Å². The summed E-state index contributed by atoms with van der Waals surface area (Å²) >= 11 is 0. The minimum atomic E-state index is -6.35. The summed E-state index contributed by atoms with van der Waals surface area (Å²) in [5.41, 5.74) is -5.43. The first kappa shape index (κ1) is 20.8. The Morgan fingerprint density at radius 1 is 1.04 bits per heavy atom. The molecule has 0 spiro atoms. The molecule has 1 aliphatic carbocycles. The van der Waals surface area contributed by atoms with E-state index in [1.807, 2.05) is 5.32 Å². The third-order valence-electron chi connectivity index (χ3n) is 3.49. The topological polar surface area (TPSA) is 95.5 Å². The lowest BCUT2D eigenvalue weighted by molar-refractivity contribution is -0.356. The standard InChI is InChI=1S/C11H15F6NO5S/c12-10(13,14)9(11(15,16)17,6-24(20,21)22)23-8(19)18-7-4-2-1-3-5-7/h7H,1-6H2,(H,18,19)(H,20,21,22)/p-1. The minimum absolute atomic E-state index is 0.333. The second kappa shape index (κ2) is 6.94. The molecule has 0 unspecified atom stereocenters. The van der Waals surface area contributed by atoms with Gasteiger partial charge in [0.25, 0.3) is 0 Å². The number of hydrogen-bond acceptors (Lipinski definition) is 5. The van der Waals surface area contributed by atoms with Crippen LogP contribution in [0.15, 0.2) is 0 Å². The third-order valence-corrected chi connectivity index (χ3v) is 4.25. The number of amides is 1. The van der Waals surface area contributed by atoms with E-state index in [4.69, 9.17) is 0 Å². The Bertz CT molecular complexity index is 538. The van der Waals surface area contributed by atoms with Crippen LogP contribution in [0.1, 0.15) is 32.1 Å². The van der Waals surface area contributed by atoms with Crippen LogP contribution in [0.2, 0.25) is 0 Å². The van der Waals surface area contributed by atoms with E-state index >= 15 is 0 Å². The summed E-state index contributed by atoms with van der Waals surface area (Å²) < 4.78 is 113. The number of halogens is 6. The molecular formula is C11H14F6NO5S-. The van der Waals surface area contributed by atoms with Gasteiger partial charge >= 0.3 is 24.0 Å². The van der Waals surface area contributed by atoms with Gasteiger partial charge in [0.2, 0.25) is 0 Å². The maximum absolute atomic E-state index is 12.9. The summed E-state index contributed by atoms with van der Waals surface area (Å²) in [6.45, 7) is 0. The second-order valence-electron chi connectivity index (χ2n) is 5.39. The number of carbonyl (C=O) groups is 1. The molecule has 1 aliphatic rings. The van der Waals surface area contributed by atoms with Crippen LogP contribution in [0.25, 0.3) is 0 Å². The van der Waals surface area contributed by atoms with Crippen molar-refractivity contribution in [1.82, 2.24) is 5.32 Å². The smallest absolute Gasteiger partial charge is 0.438 e. The van der Waals surface area contributed by atoms with Crippen molar-refractivity contribution in [3.05, 3.63) is 0 Å². The van der Waals surface area contributed by atoms with E-state index in [0.29, 0.717) is 25.7 Å². The van der Waals surface area contributed by atoms with Gasteiger partial charge < -0.3 is 14.6 Å². The molecule has 0 aliphatic heterocycles. The third kappa shape index (κ3) is 5.13. The summed E-state index contributed by atoms with van der Waals surface area (Å²) in [6.07, 6.45) is -12.1. The molecule has 6 nitrogen and oxygen atoms in total. The monoisotopic (exact) mass is 386 g/mol. The van der Waals surface area contributed by atoms with Crippen molar-refractivity contribution in [3.8, 4) is 0 Å². The van der Waals surface area contributed by atoms with Crippen molar-refractivity contribution in [3.63, 3.8) is 0 Å². The van der Waals surface area contributed by atoms with Crippen molar-refractivity contribution in [1.29, 1.82) is 0 Å². The highest BCUT2D eigenvalue weighted by atomic mass is 32.2. The van der Waals surface area contributed by atoms with Gasteiger partial charge in [-0.05, 0) is 12.8 Å². The maximum Gasteiger partial charge on any atom is 0.438 e. The van der Waals surface area contributed by atoms with Gasteiger partial charge in [-0.1, -0.05) is 19.3 Å². The summed E-state index contributed by atoms with van der Waals surface area (Å²) in [5.74, 6) is -2.99. The van der Waals surface area contributed by atoms with Gasteiger partial charge in [-0.2, -0.15) is 26.3 Å². The molecule has 1 amide bonds. The lowest BCUT2D eigenvalue weighted by Gasteiger charge is -2.37. The van der Waals surface area contributed by atoms with Crippen LogP contribution in [-0.4, -0.2) is 48.8 Å². The summed E-state index contributed by atoms with van der Waals surface area (Å²) in [7, 11) is -6.02. The molecule has 0 saturated heterocycles. The van der Waals surface area contributed by atoms with Gasteiger partial charge in [0.1, 0.15) is 0 Å². The van der Waals surface area contributed by atoms with Crippen molar-refractivity contribution in [2.75, 3.05) is 5.75 Å². The maximum atomic E-state index is 12.9. The molecular weight excluding hydrogens is 372 g/mol. The molecule has 1 N–H and O–H groups in total. The van der Waals surface area contributed by atoms with Crippen molar-refractivity contribution in [2.24, 2.45) is 0 Å². The zero-order valence-corrected chi connectivity index (χ0v) is 12.9. The lowest BCUT2D eigenvalue weighted by Crippen LogP contribution is -2.64. The number of rotatable bonds is 4. The molecule has 1 fully saturated rings. The number of ether oxygens (including phenoxy) is 1. The van der Waals surface area contributed by atoms with Gasteiger partial charge in [-0.25, -0.2) is 13.2 Å². The minimum Gasteiger partial charge on any atom is -0.748 e. The van der Waals surface area contributed by atoms with E-state index in [1.54, 1.807) is 0 Å². The Morgan fingerprint density at radius 2 is 1.50 bits per heavy atom. The number of alkyl carbamates (subject to hydrolysis) is 1.